The highest BCUT2D eigenvalue weighted by Crippen LogP contribution is 2.39. The van der Waals surface area contributed by atoms with E-state index >= 15 is 0 Å². The molecule has 0 atom stereocenters. The minimum absolute atomic E-state index is 0.0892. The van der Waals surface area contributed by atoms with Gasteiger partial charge in [0.05, 0.1) is 19.3 Å². The van der Waals surface area contributed by atoms with Crippen molar-refractivity contribution in [3.63, 3.8) is 0 Å². The normalized spacial score (nSPS) is 35.3. The summed E-state index contributed by atoms with van der Waals surface area (Å²) < 4.78 is 12.4. The predicted octanol–water partition coefficient (Wildman–Crippen LogP) is 6.75. The summed E-state index contributed by atoms with van der Waals surface area (Å²) in [7, 11) is 0. The smallest absolute Gasteiger partial charge is 0.183 e. The van der Waals surface area contributed by atoms with Crippen LogP contribution in [0.15, 0.2) is 24.3 Å². The highest BCUT2D eigenvalue weighted by molar-refractivity contribution is 5.26. The van der Waals surface area contributed by atoms with Crippen molar-refractivity contribution < 1.29 is 14.6 Å². The number of aliphatic hydroxyl groups excluding tert-OH is 1. The summed E-state index contributed by atoms with van der Waals surface area (Å²) in [5.74, 6) is 2.93. The van der Waals surface area contributed by atoms with Gasteiger partial charge in [0.25, 0.3) is 0 Å². The van der Waals surface area contributed by atoms with Gasteiger partial charge in [0, 0.05) is 11.5 Å². The molecule has 1 saturated heterocycles. The van der Waals surface area contributed by atoms with Crippen LogP contribution in [0.4, 0.5) is 0 Å². The summed E-state index contributed by atoms with van der Waals surface area (Å²) in [6, 6.07) is 8.87. The van der Waals surface area contributed by atoms with Crippen LogP contribution in [0.3, 0.4) is 0 Å². The van der Waals surface area contributed by atoms with Gasteiger partial charge in [0.2, 0.25) is 0 Å². The van der Waals surface area contributed by atoms with Crippen LogP contribution in [0.25, 0.3) is 0 Å². The van der Waals surface area contributed by atoms with Crippen molar-refractivity contribution in [1.82, 2.24) is 0 Å². The second kappa shape index (κ2) is 11.1. The van der Waals surface area contributed by atoms with Crippen LogP contribution in [0.5, 0.6) is 0 Å². The van der Waals surface area contributed by atoms with Crippen molar-refractivity contribution in [2.45, 2.75) is 102 Å². The fraction of sp³-hybridized carbons (Fsp3) is 0.778. The highest BCUT2D eigenvalue weighted by Gasteiger charge is 2.32. The van der Waals surface area contributed by atoms with E-state index in [1.807, 2.05) is 0 Å². The van der Waals surface area contributed by atoms with Crippen LogP contribution < -0.4 is 0 Å². The maximum atomic E-state index is 9.73. The summed E-state index contributed by atoms with van der Waals surface area (Å²) in [5.41, 5.74) is 2.54. The van der Waals surface area contributed by atoms with E-state index in [1.165, 1.54) is 56.9 Å². The molecular formula is C27H42O3. The second-order valence-electron chi connectivity index (χ2n) is 10.2. The molecule has 3 heteroatoms. The largest absolute Gasteiger partial charge is 0.393 e. The second-order valence-corrected chi connectivity index (χ2v) is 10.2. The van der Waals surface area contributed by atoms with Crippen molar-refractivity contribution in [3.05, 3.63) is 35.4 Å². The van der Waals surface area contributed by atoms with Gasteiger partial charge in [0.1, 0.15) is 0 Å². The third-order valence-corrected chi connectivity index (χ3v) is 8.07. The molecule has 0 amide bonds. The highest BCUT2D eigenvalue weighted by atomic mass is 16.7. The molecule has 1 N–H and O–H groups in total. The Morgan fingerprint density at radius 2 is 1.40 bits per heavy atom. The molecule has 0 spiro atoms. The molecule has 0 bridgehead atoms. The first-order valence-electron chi connectivity index (χ1n) is 12.7. The summed E-state index contributed by atoms with van der Waals surface area (Å²) in [4.78, 5) is 0. The first-order valence-corrected chi connectivity index (χ1v) is 12.7. The van der Waals surface area contributed by atoms with Gasteiger partial charge in [-0.2, -0.15) is 0 Å². The Morgan fingerprint density at radius 1 is 0.767 bits per heavy atom. The van der Waals surface area contributed by atoms with E-state index in [9.17, 15) is 5.11 Å². The lowest BCUT2D eigenvalue weighted by molar-refractivity contribution is -0.214. The lowest BCUT2D eigenvalue weighted by atomic mass is 9.74. The zero-order valence-corrected chi connectivity index (χ0v) is 18.9. The molecule has 1 aliphatic heterocycles. The SMILES string of the molecule is CCCCCC1CCC(C2COC(c3ccc(C4CCC(O)CC4)cc3)OC2)CC1. The van der Waals surface area contributed by atoms with E-state index in [-0.39, 0.29) is 12.4 Å². The van der Waals surface area contributed by atoms with Crippen LogP contribution >= 0.6 is 0 Å². The molecule has 30 heavy (non-hydrogen) atoms. The van der Waals surface area contributed by atoms with Gasteiger partial charge < -0.3 is 14.6 Å². The van der Waals surface area contributed by atoms with Crippen molar-refractivity contribution in [2.75, 3.05) is 13.2 Å². The zero-order chi connectivity index (χ0) is 20.8. The van der Waals surface area contributed by atoms with E-state index in [4.69, 9.17) is 9.47 Å². The van der Waals surface area contributed by atoms with Gasteiger partial charge >= 0.3 is 0 Å². The average Bonchev–Trinajstić information content (AvgIpc) is 2.81. The average molecular weight is 415 g/mol. The Labute approximate surface area is 183 Å². The Bertz CT molecular complexity index is 604. The van der Waals surface area contributed by atoms with Crippen LogP contribution in [0.2, 0.25) is 0 Å². The van der Waals surface area contributed by atoms with Crippen LogP contribution in [0, 0.1) is 17.8 Å². The van der Waals surface area contributed by atoms with E-state index in [0.717, 1.165) is 56.3 Å². The van der Waals surface area contributed by atoms with Crippen molar-refractivity contribution in [2.24, 2.45) is 17.8 Å². The molecule has 0 aromatic heterocycles. The molecule has 4 rings (SSSR count). The standard InChI is InChI=1S/C27H42O3/c1-2-3-4-5-20-6-8-23(9-7-20)25-18-29-27(30-19-25)24-12-10-21(11-13-24)22-14-16-26(28)17-15-22/h10-13,20,22-23,25-28H,2-9,14-19H2,1H3. The fourth-order valence-corrected chi connectivity index (χ4v) is 5.95. The third-order valence-electron chi connectivity index (χ3n) is 8.07. The number of aliphatic hydroxyl groups is 1. The molecule has 2 saturated carbocycles. The van der Waals surface area contributed by atoms with E-state index in [2.05, 4.69) is 31.2 Å². The number of hydrogen-bond donors (Lipinski definition) is 1. The maximum Gasteiger partial charge on any atom is 0.183 e. The minimum Gasteiger partial charge on any atom is -0.393 e. The molecular weight excluding hydrogens is 372 g/mol. The first-order chi connectivity index (χ1) is 14.7. The molecule has 0 radical (unpaired) electrons. The molecule has 3 aliphatic rings. The van der Waals surface area contributed by atoms with Gasteiger partial charge in [-0.05, 0) is 61.8 Å². The lowest BCUT2D eigenvalue weighted by Crippen LogP contribution is -2.34. The molecule has 168 valence electrons. The Kier molecular flexibility index (Phi) is 8.26. The molecule has 3 nitrogen and oxygen atoms in total. The Hall–Kier alpha value is -0.900. The number of hydrogen-bond acceptors (Lipinski definition) is 3. The van der Waals surface area contributed by atoms with Crippen molar-refractivity contribution >= 4 is 0 Å². The fourth-order valence-electron chi connectivity index (χ4n) is 5.95. The van der Waals surface area contributed by atoms with Crippen LogP contribution in [0.1, 0.15) is 107 Å². The van der Waals surface area contributed by atoms with E-state index in [1.54, 1.807) is 0 Å². The summed E-state index contributed by atoms with van der Waals surface area (Å²) >= 11 is 0. The molecule has 0 unspecified atom stereocenters. The van der Waals surface area contributed by atoms with Crippen LogP contribution in [-0.2, 0) is 9.47 Å². The monoisotopic (exact) mass is 414 g/mol. The molecule has 3 fully saturated rings. The van der Waals surface area contributed by atoms with Gasteiger partial charge in [-0.15, -0.1) is 0 Å². The molecule has 1 aromatic carbocycles. The maximum absolute atomic E-state index is 9.73. The summed E-state index contributed by atoms with van der Waals surface area (Å²) in [5, 5.41) is 9.73. The first kappa shape index (κ1) is 22.3. The topological polar surface area (TPSA) is 38.7 Å². The van der Waals surface area contributed by atoms with Crippen molar-refractivity contribution in [1.29, 1.82) is 0 Å². The summed E-state index contributed by atoms with van der Waals surface area (Å²) in [6.45, 7) is 3.99. The predicted molar refractivity (Wildman–Crippen MR) is 121 cm³/mol. The van der Waals surface area contributed by atoms with Gasteiger partial charge in [-0.3, -0.25) is 0 Å². The number of unbranched alkanes of at least 4 members (excludes halogenated alkanes) is 2. The number of rotatable bonds is 7. The van der Waals surface area contributed by atoms with E-state index in [0.29, 0.717) is 11.8 Å². The lowest BCUT2D eigenvalue weighted by Gasteiger charge is -2.38. The molecule has 2 aliphatic carbocycles. The zero-order valence-electron chi connectivity index (χ0n) is 18.9. The number of ether oxygens (including phenoxy) is 2. The Morgan fingerprint density at radius 3 is 2.03 bits per heavy atom. The van der Waals surface area contributed by atoms with Gasteiger partial charge in [-0.25, -0.2) is 0 Å². The van der Waals surface area contributed by atoms with E-state index < -0.39 is 0 Å². The summed E-state index contributed by atoms with van der Waals surface area (Å²) in [6.07, 6.45) is 14.9. The number of benzene rings is 1. The molecule has 1 aromatic rings. The third kappa shape index (κ3) is 5.87. The quantitative estimate of drug-likeness (QED) is 0.501. The molecule has 1 heterocycles. The van der Waals surface area contributed by atoms with Crippen molar-refractivity contribution in [3.8, 4) is 0 Å². The Balaban J connectivity index is 1.20. The van der Waals surface area contributed by atoms with Crippen LogP contribution in [-0.4, -0.2) is 24.4 Å². The van der Waals surface area contributed by atoms with Gasteiger partial charge in [-0.1, -0.05) is 69.7 Å². The minimum atomic E-state index is -0.200. The van der Waals surface area contributed by atoms with Gasteiger partial charge in [0.15, 0.2) is 6.29 Å².